The van der Waals surface area contributed by atoms with Crippen molar-refractivity contribution in [3.63, 3.8) is 0 Å². The molecule has 2 aromatic heterocycles. The van der Waals surface area contributed by atoms with Crippen molar-refractivity contribution in [1.82, 2.24) is 15.3 Å². The Hall–Kier alpha value is -2.54. The number of hydrogen-bond donors (Lipinski definition) is 1. The summed E-state index contributed by atoms with van der Waals surface area (Å²) in [4.78, 5) is 30.0. The van der Waals surface area contributed by atoms with Crippen molar-refractivity contribution in [2.24, 2.45) is 0 Å². The predicted octanol–water partition coefficient (Wildman–Crippen LogP) is 2.28. The lowest BCUT2D eigenvalue weighted by Gasteiger charge is -2.07. The summed E-state index contributed by atoms with van der Waals surface area (Å²) in [5.74, 6) is -0.601. The van der Waals surface area contributed by atoms with Crippen LogP contribution in [-0.4, -0.2) is 20.8 Å². The van der Waals surface area contributed by atoms with Gasteiger partial charge in [0.2, 0.25) is 0 Å². The van der Waals surface area contributed by atoms with Crippen molar-refractivity contribution in [2.45, 2.75) is 13.5 Å². The van der Waals surface area contributed by atoms with E-state index in [1.54, 1.807) is 12.3 Å². The number of aryl methyl sites for hydroxylation is 1. The van der Waals surface area contributed by atoms with Gasteiger partial charge in [0.15, 0.2) is 0 Å². The number of amides is 1. The van der Waals surface area contributed by atoms with Gasteiger partial charge in [-0.25, -0.2) is 4.98 Å². The molecule has 2 aromatic rings. The number of carbonyl (C=O) groups excluding carboxylic acids is 1. The van der Waals surface area contributed by atoms with Crippen molar-refractivity contribution in [1.29, 1.82) is 0 Å². The summed E-state index contributed by atoms with van der Waals surface area (Å²) < 4.78 is 0. The molecule has 0 bridgehead atoms. The highest BCUT2D eigenvalue weighted by molar-refractivity contribution is 6.29. The molecule has 0 aromatic carbocycles. The van der Waals surface area contributed by atoms with E-state index in [4.69, 9.17) is 11.6 Å². The first-order chi connectivity index (χ1) is 9.99. The molecule has 0 spiro atoms. The summed E-state index contributed by atoms with van der Waals surface area (Å²) in [5.41, 5.74) is 1.08. The van der Waals surface area contributed by atoms with Crippen molar-refractivity contribution in [3.8, 4) is 0 Å². The molecule has 0 fully saturated rings. The lowest BCUT2D eigenvalue weighted by molar-refractivity contribution is -0.385. The third-order valence-electron chi connectivity index (χ3n) is 2.83. The molecule has 0 saturated heterocycles. The number of hydrogen-bond acceptors (Lipinski definition) is 5. The number of carbonyl (C=O) groups is 1. The Kier molecular flexibility index (Phi) is 4.44. The number of halogens is 1. The standard InChI is InChI=1S/C13H11ClN4O3/c1-8-3-2-4-15-10(8)6-17-13(19)9-5-12(14)16-7-11(9)18(20)21/h2-5,7H,6H2,1H3,(H,17,19). The number of rotatable bonds is 4. The molecule has 0 aliphatic rings. The number of pyridine rings is 2. The van der Waals surface area contributed by atoms with Crippen LogP contribution in [0.1, 0.15) is 21.6 Å². The molecule has 0 saturated carbocycles. The number of nitrogens with zero attached hydrogens (tertiary/aromatic N) is 3. The highest BCUT2D eigenvalue weighted by Gasteiger charge is 2.21. The Morgan fingerprint density at radius 3 is 2.90 bits per heavy atom. The first-order valence-corrected chi connectivity index (χ1v) is 6.35. The maximum absolute atomic E-state index is 12.1. The second kappa shape index (κ2) is 6.27. The van der Waals surface area contributed by atoms with E-state index in [0.717, 1.165) is 11.8 Å². The molecule has 0 radical (unpaired) electrons. The fourth-order valence-electron chi connectivity index (χ4n) is 1.71. The topological polar surface area (TPSA) is 98.0 Å². The Balaban J connectivity index is 2.19. The molecule has 2 heterocycles. The first kappa shape index (κ1) is 14.9. The van der Waals surface area contributed by atoms with Gasteiger partial charge in [-0.15, -0.1) is 0 Å². The van der Waals surface area contributed by atoms with Crippen LogP contribution in [0.4, 0.5) is 5.69 Å². The van der Waals surface area contributed by atoms with Crippen LogP contribution in [0.25, 0.3) is 0 Å². The van der Waals surface area contributed by atoms with Crippen molar-refractivity contribution in [2.75, 3.05) is 0 Å². The third kappa shape index (κ3) is 3.51. The van der Waals surface area contributed by atoms with Gasteiger partial charge < -0.3 is 5.32 Å². The van der Waals surface area contributed by atoms with Gasteiger partial charge in [-0.2, -0.15) is 0 Å². The highest BCUT2D eigenvalue weighted by atomic mass is 35.5. The normalized spacial score (nSPS) is 10.2. The molecular formula is C13H11ClN4O3. The first-order valence-electron chi connectivity index (χ1n) is 5.97. The van der Waals surface area contributed by atoms with Gasteiger partial charge >= 0.3 is 0 Å². The van der Waals surface area contributed by atoms with Crippen LogP contribution in [0.5, 0.6) is 0 Å². The van der Waals surface area contributed by atoms with Crippen LogP contribution in [0.15, 0.2) is 30.6 Å². The minimum Gasteiger partial charge on any atom is -0.346 e. The fourth-order valence-corrected chi connectivity index (χ4v) is 1.87. The second-order valence-corrected chi connectivity index (χ2v) is 4.62. The largest absolute Gasteiger partial charge is 0.346 e. The molecule has 1 amide bonds. The lowest BCUT2D eigenvalue weighted by Crippen LogP contribution is -2.24. The van der Waals surface area contributed by atoms with Crippen LogP contribution >= 0.6 is 11.6 Å². The van der Waals surface area contributed by atoms with E-state index in [1.165, 1.54) is 6.07 Å². The van der Waals surface area contributed by atoms with E-state index in [2.05, 4.69) is 15.3 Å². The highest BCUT2D eigenvalue weighted by Crippen LogP contribution is 2.20. The second-order valence-electron chi connectivity index (χ2n) is 4.23. The maximum atomic E-state index is 12.1. The number of nitrogens with one attached hydrogen (secondary N) is 1. The molecule has 8 heteroatoms. The van der Waals surface area contributed by atoms with Crippen LogP contribution in [-0.2, 0) is 6.54 Å². The Morgan fingerprint density at radius 2 is 2.24 bits per heavy atom. The summed E-state index contributed by atoms with van der Waals surface area (Å²) >= 11 is 5.68. The van der Waals surface area contributed by atoms with Gasteiger partial charge in [0.25, 0.3) is 11.6 Å². The van der Waals surface area contributed by atoms with Crippen LogP contribution in [0, 0.1) is 17.0 Å². The molecule has 0 unspecified atom stereocenters. The minimum absolute atomic E-state index is 0.0137. The minimum atomic E-state index is -0.676. The van der Waals surface area contributed by atoms with E-state index in [0.29, 0.717) is 5.69 Å². The molecule has 2 rings (SSSR count). The summed E-state index contributed by atoms with van der Waals surface area (Å²) in [6, 6.07) is 4.81. The monoisotopic (exact) mass is 306 g/mol. The van der Waals surface area contributed by atoms with Gasteiger partial charge in [0.05, 0.1) is 17.2 Å². The molecule has 21 heavy (non-hydrogen) atoms. The molecular weight excluding hydrogens is 296 g/mol. The summed E-state index contributed by atoms with van der Waals surface area (Å²) in [6.07, 6.45) is 2.57. The average molecular weight is 307 g/mol. The summed E-state index contributed by atoms with van der Waals surface area (Å²) in [6.45, 7) is 2.03. The maximum Gasteiger partial charge on any atom is 0.300 e. The average Bonchev–Trinajstić information content (AvgIpc) is 2.45. The quantitative estimate of drug-likeness (QED) is 0.531. The molecule has 7 nitrogen and oxygen atoms in total. The zero-order chi connectivity index (χ0) is 15.4. The lowest BCUT2D eigenvalue weighted by atomic mass is 10.2. The van der Waals surface area contributed by atoms with Crippen molar-refractivity contribution in [3.05, 3.63) is 62.7 Å². The zero-order valence-corrected chi connectivity index (χ0v) is 11.8. The van der Waals surface area contributed by atoms with Crippen LogP contribution < -0.4 is 5.32 Å². The summed E-state index contributed by atoms with van der Waals surface area (Å²) in [7, 11) is 0. The summed E-state index contributed by atoms with van der Waals surface area (Å²) in [5, 5.41) is 13.5. The van der Waals surface area contributed by atoms with Gasteiger partial charge in [-0.3, -0.25) is 19.9 Å². The Morgan fingerprint density at radius 1 is 1.48 bits per heavy atom. The predicted molar refractivity (Wildman–Crippen MR) is 76.0 cm³/mol. The SMILES string of the molecule is Cc1cccnc1CNC(=O)c1cc(Cl)ncc1[N+](=O)[O-]. The molecule has 0 aliphatic heterocycles. The van der Waals surface area contributed by atoms with Crippen molar-refractivity contribution >= 4 is 23.2 Å². The smallest absolute Gasteiger partial charge is 0.300 e. The Bertz CT molecular complexity index is 706. The zero-order valence-electron chi connectivity index (χ0n) is 11.0. The number of nitro groups is 1. The van der Waals surface area contributed by atoms with Gasteiger partial charge in [-0.1, -0.05) is 17.7 Å². The van der Waals surface area contributed by atoms with E-state index in [-0.39, 0.29) is 17.3 Å². The van der Waals surface area contributed by atoms with E-state index >= 15 is 0 Å². The Labute approximate surface area is 125 Å². The van der Waals surface area contributed by atoms with Crippen LogP contribution in [0.3, 0.4) is 0 Å². The van der Waals surface area contributed by atoms with E-state index < -0.39 is 16.5 Å². The molecule has 108 valence electrons. The van der Waals surface area contributed by atoms with E-state index in [9.17, 15) is 14.9 Å². The van der Waals surface area contributed by atoms with Crippen LogP contribution in [0.2, 0.25) is 5.15 Å². The fraction of sp³-hybridized carbons (Fsp3) is 0.154. The van der Waals surface area contributed by atoms with Gasteiger partial charge in [-0.05, 0) is 24.6 Å². The van der Waals surface area contributed by atoms with E-state index in [1.807, 2.05) is 13.0 Å². The van der Waals surface area contributed by atoms with Gasteiger partial charge in [0.1, 0.15) is 16.9 Å². The number of aromatic nitrogens is 2. The van der Waals surface area contributed by atoms with Gasteiger partial charge in [0, 0.05) is 6.20 Å². The third-order valence-corrected chi connectivity index (χ3v) is 3.03. The molecule has 1 N–H and O–H groups in total. The molecule has 0 aliphatic carbocycles. The molecule has 0 atom stereocenters. The van der Waals surface area contributed by atoms with Crippen molar-refractivity contribution < 1.29 is 9.72 Å².